The predicted octanol–water partition coefficient (Wildman–Crippen LogP) is 0.633. The molecule has 11 heteroatoms. The SMILES string of the molecule is Nc1nc(N)nc(N)n1.O=C(O)CC[PH](=O)Oc1ccccc1. The van der Waals surface area contributed by atoms with Crippen LogP contribution in [-0.2, 0) is 9.36 Å². The highest BCUT2D eigenvalue weighted by atomic mass is 31.1. The minimum Gasteiger partial charge on any atom is -0.481 e. The van der Waals surface area contributed by atoms with Crippen LogP contribution in [0.2, 0.25) is 0 Å². The van der Waals surface area contributed by atoms with E-state index in [1.54, 1.807) is 24.3 Å². The summed E-state index contributed by atoms with van der Waals surface area (Å²) < 4.78 is 16.3. The smallest absolute Gasteiger partial charge is 0.303 e. The van der Waals surface area contributed by atoms with Crippen LogP contribution in [0.25, 0.3) is 0 Å². The maximum absolute atomic E-state index is 11.2. The van der Waals surface area contributed by atoms with Crippen molar-refractivity contribution >= 4 is 31.8 Å². The fourth-order valence-corrected chi connectivity index (χ4v) is 2.23. The lowest BCUT2D eigenvalue weighted by Crippen LogP contribution is -2.05. The summed E-state index contributed by atoms with van der Waals surface area (Å²) in [6.45, 7) is 0. The quantitative estimate of drug-likeness (QED) is 0.563. The largest absolute Gasteiger partial charge is 0.481 e. The molecule has 0 saturated carbocycles. The second kappa shape index (κ2) is 9.21. The van der Waals surface area contributed by atoms with Crippen molar-refractivity contribution < 1.29 is 19.0 Å². The van der Waals surface area contributed by atoms with Crippen molar-refractivity contribution in [3.63, 3.8) is 0 Å². The number of para-hydroxylation sites is 1. The third-order valence-electron chi connectivity index (χ3n) is 2.21. The van der Waals surface area contributed by atoms with Gasteiger partial charge < -0.3 is 26.8 Å². The van der Waals surface area contributed by atoms with Gasteiger partial charge >= 0.3 is 5.97 Å². The van der Waals surface area contributed by atoms with Gasteiger partial charge in [0.2, 0.25) is 25.9 Å². The molecule has 0 saturated heterocycles. The van der Waals surface area contributed by atoms with Crippen LogP contribution in [-0.4, -0.2) is 32.2 Å². The zero-order valence-corrected chi connectivity index (χ0v) is 13.0. The fourth-order valence-electron chi connectivity index (χ4n) is 1.31. The third-order valence-corrected chi connectivity index (χ3v) is 3.33. The lowest BCUT2D eigenvalue weighted by atomic mass is 10.3. The molecule has 0 fully saturated rings. The summed E-state index contributed by atoms with van der Waals surface area (Å²) in [7, 11) is -2.27. The van der Waals surface area contributed by atoms with E-state index in [2.05, 4.69) is 15.0 Å². The van der Waals surface area contributed by atoms with Gasteiger partial charge in [0.15, 0.2) is 0 Å². The number of benzene rings is 1. The van der Waals surface area contributed by atoms with Crippen LogP contribution in [0.5, 0.6) is 5.75 Å². The van der Waals surface area contributed by atoms with Crippen molar-refractivity contribution in [2.75, 3.05) is 23.4 Å². The predicted molar refractivity (Wildman–Crippen MR) is 86.3 cm³/mol. The Labute approximate surface area is 132 Å². The van der Waals surface area contributed by atoms with Crippen LogP contribution in [0.15, 0.2) is 30.3 Å². The third kappa shape index (κ3) is 8.22. The molecule has 7 N–H and O–H groups in total. The number of hydrogen-bond donors (Lipinski definition) is 4. The van der Waals surface area contributed by atoms with Gasteiger partial charge in [-0.1, -0.05) is 18.2 Å². The van der Waals surface area contributed by atoms with Gasteiger partial charge in [-0.2, -0.15) is 15.0 Å². The van der Waals surface area contributed by atoms with Crippen molar-refractivity contribution in [2.45, 2.75) is 6.42 Å². The normalized spacial score (nSPS) is 11.0. The van der Waals surface area contributed by atoms with E-state index in [1.807, 2.05) is 6.07 Å². The summed E-state index contributed by atoms with van der Waals surface area (Å²) in [6, 6.07) is 8.72. The summed E-state index contributed by atoms with van der Waals surface area (Å²) >= 11 is 0. The van der Waals surface area contributed by atoms with E-state index >= 15 is 0 Å². The van der Waals surface area contributed by atoms with Gasteiger partial charge in [0.05, 0.1) is 6.42 Å². The lowest BCUT2D eigenvalue weighted by molar-refractivity contribution is -0.136. The molecule has 23 heavy (non-hydrogen) atoms. The highest BCUT2D eigenvalue weighted by molar-refractivity contribution is 7.39. The van der Waals surface area contributed by atoms with E-state index in [4.69, 9.17) is 26.8 Å². The first-order valence-electron chi connectivity index (χ1n) is 6.37. The maximum atomic E-state index is 11.2. The van der Waals surface area contributed by atoms with Crippen molar-refractivity contribution in [3.05, 3.63) is 30.3 Å². The monoisotopic (exact) mass is 340 g/mol. The molecule has 124 valence electrons. The molecule has 0 spiro atoms. The Balaban J connectivity index is 0.000000253. The van der Waals surface area contributed by atoms with E-state index in [0.29, 0.717) is 5.75 Å². The van der Waals surface area contributed by atoms with E-state index in [9.17, 15) is 9.36 Å². The number of carboxylic acids is 1. The van der Waals surface area contributed by atoms with Crippen LogP contribution in [0.4, 0.5) is 17.8 Å². The topological polar surface area (TPSA) is 180 Å². The Hall–Kier alpha value is -2.87. The van der Waals surface area contributed by atoms with Crippen LogP contribution in [0.1, 0.15) is 6.42 Å². The van der Waals surface area contributed by atoms with E-state index < -0.39 is 14.0 Å². The number of rotatable bonds is 5. The number of aliphatic carboxylic acids is 1. The van der Waals surface area contributed by atoms with Gasteiger partial charge in [-0.3, -0.25) is 9.36 Å². The molecule has 0 aliphatic heterocycles. The van der Waals surface area contributed by atoms with Crippen LogP contribution >= 0.6 is 8.03 Å². The lowest BCUT2D eigenvalue weighted by Gasteiger charge is -2.03. The molecule has 2 aromatic rings. The highest BCUT2D eigenvalue weighted by Crippen LogP contribution is 2.26. The number of nitrogens with two attached hydrogens (primary N) is 3. The number of nitrogens with zero attached hydrogens (tertiary/aromatic N) is 3. The zero-order valence-electron chi connectivity index (χ0n) is 12.0. The fraction of sp³-hybridized carbons (Fsp3) is 0.167. The molecule has 1 atom stereocenters. The molecule has 1 aromatic heterocycles. The first-order valence-corrected chi connectivity index (χ1v) is 7.89. The molecule has 0 aliphatic rings. The van der Waals surface area contributed by atoms with Gasteiger partial charge in [0.25, 0.3) is 0 Å². The average molecular weight is 340 g/mol. The van der Waals surface area contributed by atoms with E-state index in [-0.39, 0.29) is 30.4 Å². The Morgan fingerprint density at radius 3 is 1.96 bits per heavy atom. The Bertz CT molecular complexity index is 619. The molecule has 10 nitrogen and oxygen atoms in total. The van der Waals surface area contributed by atoms with Crippen LogP contribution < -0.4 is 21.7 Å². The Morgan fingerprint density at radius 2 is 1.52 bits per heavy atom. The molecule has 0 bridgehead atoms. The van der Waals surface area contributed by atoms with Gasteiger partial charge in [-0.05, 0) is 12.1 Å². The molecule has 0 amide bonds. The molecular formula is C12H17N6O4P. The van der Waals surface area contributed by atoms with E-state index in [0.717, 1.165) is 0 Å². The molecule has 1 heterocycles. The Kier molecular flexibility index (Phi) is 7.28. The standard InChI is InChI=1S/C9H11O4P.C3H6N6/c10-9(11)6-7-14(12)13-8-4-2-1-3-5-8;4-1-7-2(5)9-3(6)8-1/h1-5,14H,6-7H2,(H,10,11);(H6,4,5,6,7,8,9). The molecule has 0 aliphatic carbocycles. The summed E-state index contributed by atoms with van der Waals surface area (Å²) in [5.74, 6) is -0.318. The maximum Gasteiger partial charge on any atom is 0.303 e. The van der Waals surface area contributed by atoms with Crippen LogP contribution in [0.3, 0.4) is 0 Å². The number of carbonyl (C=O) groups is 1. The van der Waals surface area contributed by atoms with Gasteiger partial charge in [0.1, 0.15) is 5.75 Å². The number of anilines is 3. The minimum absolute atomic E-state index is 0.0417. The van der Waals surface area contributed by atoms with Crippen molar-refractivity contribution in [1.29, 1.82) is 0 Å². The Morgan fingerprint density at radius 1 is 1.04 bits per heavy atom. The second-order valence-electron chi connectivity index (χ2n) is 4.09. The van der Waals surface area contributed by atoms with Crippen molar-refractivity contribution in [1.82, 2.24) is 15.0 Å². The summed E-state index contributed by atoms with van der Waals surface area (Å²) in [4.78, 5) is 20.6. The van der Waals surface area contributed by atoms with Crippen molar-refractivity contribution in [2.24, 2.45) is 0 Å². The van der Waals surface area contributed by atoms with Crippen molar-refractivity contribution in [3.8, 4) is 5.75 Å². The van der Waals surface area contributed by atoms with Crippen LogP contribution in [0, 0.1) is 0 Å². The van der Waals surface area contributed by atoms with Gasteiger partial charge in [-0.25, -0.2) is 0 Å². The van der Waals surface area contributed by atoms with E-state index in [1.165, 1.54) is 0 Å². The number of hydrogen-bond acceptors (Lipinski definition) is 9. The number of nitrogen functional groups attached to an aromatic ring is 3. The second-order valence-corrected chi connectivity index (χ2v) is 5.54. The molecule has 1 unspecified atom stereocenters. The molecule has 1 aromatic carbocycles. The molecule has 0 radical (unpaired) electrons. The first kappa shape index (κ1) is 18.2. The summed E-state index contributed by atoms with van der Waals surface area (Å²) in [5, 5.41) is 8.35. The average Bonchev–Trinajstić information content (AvgIpc) is 2.45. The molecular weight excluding hydrogens is 323 g/mol. The molecule has 2 rings (SSSR count). The minimum atomic E-state index is -2.27. The summed E-state index contributed by atoms with van der Waals surface area (Å²) in [5.41, 5.74) is 15.4. The number of aromatic nitrogens is 3. The highest BCUT2D eigenvalue weighted by Gasteiger charge is 2.04. The summed E-state index contributed by atoms with van der Waals surface area (Å²) in [6.07, 6.45) is -0.0421. The van der Waals surface area contributed by atoms with Gasteiger partial charge in [-0.15, -0.1) is 0 Å². The first-order chi connectivity index (χ1) is 10.9. The van der Waals surface area contributed by atoms with Gasteiger partial charge in [0, 0.05) is 6.16 Å². The zero-order chi connectivity index (χ0) is 17.2. The number of carboxylic acid groups (broad SMARTS) is 1.